The van der Waals surface area contributed by atoms with E-state index in [2.05, 4.69) is 9.97 Å². The fraction of sp³-hybridized carbons (Fsp3) is 0.333. The normalized spacial score (nSPS) is 14.2. The molecule has 1 heterocycles. The van der Waals surface area contributed by atoms with Gasteiger partial charge in [-0.05, 0) is 24.5 Å². The molecule has 0 amide bonds. The number of aromatic amines is 1. The van der Waals surface area contributed by atoms with Crippen molar-refractivity contribution in [1.82, 2.24) is 9.97 Å². The summed E-state index contributed by atoms with van der Waals surface area (Å²) in [5, 5.41) is 0. The summed E-state index contributed by atoms with van der Waals surface area (Å²) in [7, 11) is 1.92. The largest absolute Gasteiger partial charge is 0.398 e. The number of anilines is 2. The van der Waals surface area contributed by atoms with Crippen LogP contribution in [0.25, 0.3) is 0 Å². The lowest BCUT2D eigenvalue weighted by Crippen LogP contribution is -2.22. The molecule has 5 nitrogen and oxygen atoms in total. The Balaban J connectivity index is 1.85. The van der Waals surface area contributed by atoms with Gasteiger partial charge in [-0.15, -0.1) is 0 Å². The molecule has 2 aromatic rings. The summed E-state index contributed by atoms with van der Waals surface area (Å²) in [4.78, 5) is 21.0. The summed E-state index contributed by atoms with van der Waals surface area (Å²) >= 11 is 0. The lowest BCUT2D eigenvalue weighted by atomic mass is 10.2. The number of nitrogen functional groups attached to an aromatic ring is 1. The zero-order valence-electron chi connectivity index (χ0n) is 11.5. The number of rotatable bonds is 4. The van der Waals surface area contributed by atoms with E-state index in [1.165, 1.54) is 6.07 Å². The van der Waals surface area contributed by atoms with Crippen LogP contribution in [0.4, 0.5) is 11.5 Å². The van der Waals surface area contributed by atoms with Gasteiger partial charge < -0.3 is 15.6 Å². The van der Waals surface area contributed by atoms with Crippen molar-refractivity contribution in [2.24, 2.45) is 0 Å². The van der Waals surface area contributed by atoms with Gasteiger partial charge in [-0.1, -0.05) is 18.2 Å². The maximum Gasteiger partial charge on any atom is 0.252 e. The third-order valence-corrected chi connectivity index (χ3v) is 3.56. The minimum absolute atomic E-state index is 0.0928. The molecule has 0 saturated heterocycles. The Morgan fingerprint density at radius 3 is 2.85 bits per heavy atom. The highest BCUT2D eigenvalue weighted by atomic mass is 16.1. The van der Waals surface area contributed by atoms with E-state index >= 15 is 0 Å². The van der Waals surface area contributed by atoms with Gasteiger partial charge in [0.15, 0.2) is 0 Å². The van der Waals surface area contributed by atoms with Crippen molar-refractivity contribution < 1.29 is 0 Å². The Bertz CT molecular complexity index is 676. The maximum absolute atomic E-state index is 11.7. The number of nitrogens with zero attached hydrogens (tertiary/aromatic N) is 2. The summed E-state index contributed by atoms with van der Waals surface area (Å²) in [6, 6.07) is 9.27. The molecule has 0 atom stereocenters. The molecule has 0 unspecified atom stereocenters. The minimum atomic E-state index is -0.0928. The van der Waals surface area contributed by atoms with Crippen LogP contribution in [0.3, 0.4) is 0 Å². The highest BCUT2D eigenvalue weighted by molar-refractivity contribution is 5.49. The fourth-order valence-corrected chi connectivity index (χ4v) is 2.22. The van der Waals surface area contributed by atoms with Gasteiger partial charge in [0.2, 0.25) is 0 Å². The predicted octanol–water partition coefficient (Wildman–Crippen LogP) is 1.87. The van der Waals surface area contributed by atoms with E-state index in [4.69, 9.17) is 5.73 Å². The Kier molecular flexibility index (Phi) is 3.18. The first kappa shape index (κ1) is 12.7. The van der Waals surface area contributed by atoms with Crippen LogP contribution >= 0.6 is 0 Å². The van der Waals surface area contributed by atoms with Crippen LogP contribution in [0.5, 0.6) is 0 Å². The van der Waals surface area contributed by atoms with E-state index in [0.29, 0.717) is 18.3 Å². The number of nitrogens with one attached hydrogen (secondary N) is 1. The van der Waals surface area contributed by atoms with E-state index in [1.807, 2.05) is 36.2 Å². The zero-order chi connectivity index (χ0) is 14.1. The lowest BCUT2D eigenvalue weighted by molar-refractivity contribution is 0.845. The van der Waals surface area contributed by atoms with E-state index in [0.717, 1.165) is 29.9 Å². The quantitative estimate of drug-likeness (QED) is 0.832. The molecule has 0 radical (unpaired) electrons. The van der Waals surface area contributed by atoms with Crippen LogP contribution in [0.1, 0.15) is 30.1 Å². The first-order valence-electron chi connectivity index (χ1n) is 6.79. The third-order valence-electron chi connectivity index (χ3n) is 3.56. The third kappa shape index (κ3) is 2.66. The topological polar surface area (TPSA) is 75.0 Å². The van der Waals surface area contributed by atoms with Crippen molar-refractivity contribution >= 4 is 11.5 Å². The number of hydrogen-bond acceptors (Lipinski definition) is 4. The molecule has 0 aliphatic heterocycles. The molecule has 3 N–H and O–H groups in total. The number of para-hydroxylation sites is 1. The second-order valence-electron chi connectivity index (χ2n) is 5.32. The summed E-state index contributed by atoms with van der Waals surface area (Å²) < 4.78 is 0. The average Bonchev–Trinajstić information content (AvgIpc) is 3.25. The molecule has 5 heteroatoms. The Morgan fingerprint density at radius 2 is 2.15 bits per heavy atom. The van der Waals surface area contributed by atoms with Crippen molar-refractivity contribution in [2.75, 3.05) is 17.7 Å². The SMILES string of the molecule is CN(Cc1ccccc1N)c1cc(=O)[nH]c(C2CC2)n1. The van der Waals surface area contributed by atoms with Crippen LogP contribution in [0.15, 0.2) is 35.1 Å². The molecule has 1 aromatic heterocycles. The smallest absolute Gasteiger partial charge is 0.252 e. The van der Waals surface area contributed by atoms with Gasteiger partial charge >= 0.3 is 0 Å². The number of benzene rings is 1. The number of nitrogens with two attached hydrogens (primary N) is 1. The van der Waals surface area contributed by atoms with Crippen molar-refractivity contribution in [3.05, 3.63) is 52.1 Å². The summed E-state index contributed by atoms with van der Waals surface area (Å²) in [6.07, 6.45) is 2.23. The summed E-state index contributed by atoms with van der Waals surface area (Å²) in [6.45, 7) is 0.632. The molecule has 0 spiro atoms. The Hall–Kier alpha value is -2.30. The van der Waals surface area contributed by atoms with Crippen LogP contribution in [-0.4, -0.2) is 17.0 Å². The molecule has 1 aliphatic rings. The second kappa shape index (κ2) is 5.00. The standard InChI is InChI=1S/C15H18N4O/c1-19(9-11-4-2-3-5-12(11)16)13-8-14(20)18-15(17-13)10-6-7-10/h2-5,8,10H,6-7,9,16H2,1H3,(H,17,18,20). The van der Waals surface area contributed by atoms with Crippen LogP contribution in [-0.2, 0) is 6.54 Å². The van der Waals surface area contributed by atoms with E-state index in [1.54, 1.807) is 0 Å². The van der Waals surface area contributed by atoms with Crippen molar-refractivity contribution in [3.8, 4) is 0 Å². The molecule has 1 aliphatic carbocycles. The van der Waals surface area contributed by atoms with E-state index in [-0.39, 0.29) is 5.56 Å². The van der Waals surface area contributed by atoms with Crippen LogP contribution < -0.4 is 16.2 Å². The number of hydrogen-bond donors (Lipinski definition) is 2. The minimum Gasteiger partial charge on any atom is -0.398 e. The van der Waals surface area contributed by atoms with Gasteiger partial charge in [-0.3, -0.25) is 4.79 Å². The van der Waals surface area contributed by atoms with Crippen molar-refractivity contribution in [3.63, 3.8) is 0 Å². The second-order valence-corrected chi connectivity index (χ2v) is 5.32. The first-order valence-corrected chi connectivity index (χ1v) is 6.79. The van der Waals surface area contributed by atoms with Crippen LogP contribution in [0.2, 0.25) is 0 Å². The molecule has 1 aromatic carbocycles. The predicted molar refractivity (Wildman–Crippen MR) is 79.8 cm³/mol. The molecule has 20 heavy (non-hydrogen) atoms. The van der Waals surface area contributed by atoms with Gasteiger partial charge in [0.05, 0.1) is 0 Å². The number of aromatic nitrogens is 2. The van der Waals surface area contributed by atoms with Crippen LogP contribution in [0, 0.1) is 0 Å². The molecular weight excluding hydrogens is 252 g/mol. The fourth-order valence-electron chi connectivity index (χ4n) is 2.22. The van der Waals surface area contributed by atoms with Gasteiger partial charge in [0.1, 0.15) is 11.6 Å². The first-order chi connectivity index (χ1) is 9.63. The van der Waals surface area contributed by atoms with Gasteiger partial charge in [-0.2, -0.15) is 0 Å². The zero-order valence-corrected chi connectivity index (χ0v) is 11.5. The highest BCUT2D eigenvalue weighted by Gasteiger charge is 2.26. The Labute approximate surface area is 117 Å². The van der Waals surface area contributed by atoms with Gasteiger partial charge in [-0.25, -0.2) is 4.98 Å². The van der Waals surface area contributed by atoms with Gasteiger partial charge in [0, 0.05) is 31.3 Å². The summed E-state index contributed by atoms with van der Waals surface area (Å²) in [5.74, 6) is 1.93. The highest BCUT2D eigenvalue weighted by Crippen LogP contribution is 2.37. The molecule has 3 rings (SSSR count). The Morgan fingerprint density at radius 1 is 1.40 bits per heavy atom. The van der Waals surface area contributed by atoms with Crippen molar-refractivity contribution in [2.45, 2.75) is 25.3 Å². The monoisotopic (exact) mass is 270 g/mol. The maximum atomic E-state index is 11.7. The molecule has 1 saturated carbocycles. The lowest BCUT2D eigenvalue weighted by Gasteiger charge is -2.19. The molecular formula is C15H18N4O. The van der Waals surface area contributed by atoms with E-state index in [9.17, 15) is 4.79 Å². The van der Waals surface area contributed by atoms with Crippen molar-refractivity contribution in [1.29, 1.82) is 0 Å². The van der Waals surface area contributed by atoms with E-state index < -0.39 is 0 Å². The molecule has 0 bridgehead atoms. The molecule has 1 fully saturated rings. The average molecular weight is 270 g/mol. The molecule has 104 valence electrons. The number of H-pyrrole nitrogens is 1. The summed E-state index contributed by atoms with van der Waals surface area (Å²) in [5.41, 5.74) is 7.65. The van der Waals surface area contributed by atoms with Gasteiger partial charge in [0.25, 0.3) is 5.56 Å².